The lowest BCUT2D eigenvalue weighted by atomic mass is 10.0. The van der Waals surface area contributed by atoms with Crippen LogP contribution in [0.3, 0.4) is 0 Å². The van der Waals surface area contributed by atoms with Crippen molar-refractivity contribution >= 4 is 34.6 Å². The van der Waals surface area contributed by atoms with Crippen LogP contribution >= 0.6 is 11.6 Å². The first kappa shape index (κ1) is 24.1. The smallest absolute Gasteiger partial charge is 0.430 e. The van der Waals surface area contributed by atoms with Crippen molar-refractivity contribution < 1.29 is 32.9 Å². The number of terminal acetylenes is 1. The van der Waals surface area contributed by atoms with Crippen molar-refractivity contribution in [3.8, 4) is 12.3 Å². The van der Waals surface area contributed by atoms with E-state index in [1.165, 1.54) is 6.92 Å². The van der Waals surface area contributed by atoms with E-state index in [1.807, 2.05) is 0 Å². The van der Waals surface area contributed by atoms with Gasteiger partial charge in [0.25, 0.3) is 0 Å². The number of hydrogen-bond donors (Lipinski definition) is 2. The van der Waals surface area contributed by atoms with E-state index < -0.39 is 23.8 Å². The number of carbonyl (C=O) groups excluding carboxylic acids is 1. The zero-order chi connectivity index (χ0) is 24.2. The molecule has 2 atom stereocenters. The zero-order valence-corrected chi connectivity index (χ0v) is 18.5. The predicted octanol–water partition coefficient (Wildman–Crippen LogP) is 2.16. The van der Waals surface area contributed by atoms with E-state index in [0.717, 1.165) is 7.11 Å². The highest BCUT2D eigenvalue weighted by Crippen LogP contribution is 2.38. The van der Waals surface area contributed by atoms with E-state index in [4.69, 9.17) is 47.5 Å². The molecule has 0 aromatic carbocycles. The van der Waals surface area contributed by atoms with Gasteiger partial charge in [0, 0.05) is 13.3 Å². The first-order chi connectivity index (χ1) is 15.8. The Labute approximate surface area is 192 Å². The van der Waals surface area contributed by atoms with Crippen molar-refractivity contribution in [1.29, 1.82) is 0 Å². The Morgan fingerprint density at radius 3 is 2.85 bits per heavy atom. The molecule has 0 unspecified atom stereocenters. The summed E-state index contributed by atoms with van der Waals surface area (Å²) < 4.78 is 27.3. The van der Waals surface area contributed by atoms with Crippen molar-refractivity contribution in [3.63, 3.8) is 0 Å². The molecule has 0 radical (unpaired) electrons. The molecule has 1 aliphatic rings. The molecule has 4 heterocycles. The van der Waals surface area contributed by atoms with E-state index in [1.54, 1.807) is 16.8 Å². The number of halogens is 1. The number of nitrogens with two attached hydrogens (primary N) is 1. The fourth-order valence-corrected chi connectivity index (χ4v) is 3.47. The van der Waals surface area contributed by atoms with Crippen LogP contribution in [0.4, 0.5) is 10.6 Å². The highest BCUT2D eigenvalue weighted by atomic mass is 35.5. The Morgan fingerprint density at radius 1 is 1.42 bits per heavy atom. The van der Waals surface area contributed by atoms with E-state index >= 15 is 0 Å². The predicted molar refractivity (Wildman–Crippen MR) is 114 cm³/mol. The molecular weight excluding hydrogens is 460 g/mol. The molecule has 0 aliphatic carbocycles. The van der Waals surface area contributed by atoms with Crippen LogP contribution in [0.1, 0.15) is 30.6 Å². The van der Waals surface area contributed by atoms with Crippen LogP contribution in [0.15, 0.2) is 25.9 Å². The number of carbonyl (C=O) groups is 1. The van der Waals surface area contributed by atoms with Crippen LogP contribution in [-0.4, -0.2) is 45.1 Å². The van der Waals surface area contributed by atoms with Crippen LogP contribution in [0.25, 0.3) is 11.0 Å². The number of nitrogen functional groups attached to an aromatic ring is 1. The number of hydrogen-bond acceptors (Lipinski definition) is 11. The number of fused-ring (bicyclic) bond motifs is 1. The maximum absolute atomic E-state index is 11.9. The number of aliphatic hydroxyl groups is 1. The van der Waals surface area contributed by atoms with Gasteiger partial charge in [0.2, 0.25) is 5.28 Å². The second kappa shape index (κ2) is 9.95. The molecule has 0 amide bonds. The maximum Gasteiger partial charge on any atom is 0.519 e. The third-order valence-electron chi connectivity index (χ3n) is 4.88. The van der Waals surface area contributed by atoms with Gasteiger partial charge in [0.1, 0.15) is 24.3 Å². The van der Waals surface area contributed by atoms with Gasteiger partial charge in [-0.05, 0) is 37.4 Å². The minimum absolute atomic E-state index is 0.0148. The Morgan fingerprint density at radius 2 is 2.18 bits per heavy atom. The van der Waals surface area contributed by atoms with Gasteiger partial charge >= 0.3 is 12.0 Å². The minimum Gasteiger partial charge on any atom is -0.430 e. The number of nitrogens with zero attached hydrogens (tertiary/aromatic N) is 3. The van der Waals surface area contributed by atoms with E-state index in [9.17, 15) is 9.59 Å². The Hall–Kier alpha value is -3.53. The Kier molecular flexibility index (Phi) is 7.27. The highest BCUT2D eigenvalue weighted by Gasteiger charge is 2.41. The quantitative estimate of drug-likeness (QED) is 0.312. The van der Waals surface area contributed by atoms with Crippen LogP contribution in [0, 0.1) is 19.3 Å². The summed E-state index contributed by atoms with van der Waals surface area (Å²) >= 11 is 5.92. The maximum atomic E-state index is 11.9. The van der Waals surface area contributed by atoms with Gasteiger partial charge in [-0.2, -0.15) is 4.98 Å². The van der Waals surface area contributed by atoms with E-state index in [0.29, 0.717) is 23.9 Å². The molecule has 12 nitrogen and oxygen atoms in total. The molecule has 176 valence electrons. The standard InChI is InChI=1S/C19H17ClN4O7.CH4O/c1-3-19(9-28-17(25)27-8-12-10(2)29-18(26)30-12)6-4-13(31-19)24-7-5-11-14(21)22-16(20)23-15(11)24;1-2/h1,5,7,13H,4,6,8-9H2,2H3,(H2,21,22,23);2H,1H3/t13-,19+;/m1./s1. The first-order valence-corrected chi connectivity index (χ1v) is 9.97. The summed E-state index contributed by atoms with van der Waals surface area (Å²) in [6.07, 6.45) is 6.91. The van der Waals surface area contributed by atoms with Gasteiger partial charge in [-0.1, -0.05) is 5.92 Å². The summed E-state index contributed by atoms with van der Waals surface area (Å²) in [7, 11) is 1.00. The second-order valence-electron chi connectivity index (χ2n) is 6.85. The third kappa shape index (κ3) is 5.11. The van der Waals surface area contributed by atoms with Gasteiger partial charge < -0.3 is 38.5 Å². The summed E-state index contributed by atoms with van der Waals surface area (Å²) in [6.45, 7) is 0.954. The molecule has 33 heavy (non-hydrogen) atoms. The molecule has 4 rings (SSSR count). The van der Waals surface area contributed by atoms with Crippen molar-refractivity contribution in [2.45, 2.75) is 38.2 Å². The van der Waals surface area contributed by atoms with Crippen LogP contribution in [0.5, 0.6) is 0 Å². The third-order valence-corrected chi connectivity index (χ3v) is 5.05. The van der Waals surface area contributed by atoms with Crippen molar-refractivity contribution in [3.05, 3.63) is 39.7 Å². The number of aliphatic hydroxyl groups excluding tert-OH is 1. The summed E-state index contributed by atoms with van der Waals surface area (Å²) in [5.41, 5.74) is 5.24. The average Bonchev–Trinajstić information content (AvgIpc) is 3.49. The number of ether oxygens (including phenoxy) is 3. The molecule has 3 N–H and O–H groups in total. The first-order valence-electron chi connectivity index (χ1n) is 9.59. The Bertz CT molecular complexity index is 1240. The van der Waals surface area contributed by atoms with Gasteiger partial charge in [-0.15, -0.1) is 6.42 Å². The van der Waals surface area contributed by atoms with Gasteiger partial charge in [-0.3, -0.25) is 0 Å². The van der Waals surface area contributed by atoms with E-state index in [2.05, 4.69) is 20.3 Å². The van der Waals surface area contributed by atoms with Crippen LogP contribution in [-0.2, 0) is 20.8 Å². The molecule has 13 heteroatoms. The lowest BCUT2D eigenvalue weighted by molar-refractivity contribution is -0.0740. The normalized spacial score (nSPS) is 19.5. The van der Waals surface area contributed by atoms with Gasteiger partial charge in [-0.25, -0.2) is 14.6 Å². The fourth-order valence-electron chi connectivity index (χ4n) is 3.29. The molecule has 0 bridgehead atoms. The molecule has 3 aromatic rings. The summed E-state index contributed by atoms with van der Waals surface area (Å²) in [5.74, 6) is 2.23. The van der Waals surface area contributed by atoms with Crippen molar-refractivity contribution in [2.24, 2.45) is 0 Å². The largest absolute Gasteiger partial charge is 0.519 e. The molecule has 1 saturated heterocycles. The highest BCUT2D eigenvalue weighted by molar-refractivity contribution is 6.28. The number of anilines is 1. The molecule has 1 fully saturated rings. The van der Waals surface area contributed by atoms with Crippen molar-refractivity contribution in [2.75, 3.05) is 19.5 Å². The van der Waals surface area contributed by atoms with Gasteiger partial charge in [0.05, 0.1) is 5.39 Å². The summed E-state index contributed by atoms with van der Waals surface area (Å²) in [5, 5.41) is 7.65. The monoisotopic (exact) mass is 480 g/mol. The second-order valence-corrected chi connectivity index (χ2v) is 7.19. The molecular formula is C20H21ClN4O8. The molecule has 1 aliphatic heterocycles. The number of aromatic nitrogens is 3. The fraction of sp³-hybridized carbons (Fsp3) is 0.400. The molecule has 3 aromatic heterocycles. The Balaban J connectivity index is 0.00000149. The lowest BCUT2D eigenvalue weighted by Crippen LogP contribution is -2.34. The lowest BCUT2D eigenvalue weighted by Gasteiger charge is -2.23. The van der Waals surface area contributed by atoms with Crippen LogP contribution < -0.4 is 11.6 Å². The molecule has 0 saturated carbocycles. The topological polar surface area (TPSA) is 165 Å². The average molecular weight is 481 g/mol. The van der Waals surface area contributed by atoms with E-state index in [-0.39, 0.29) is 35.8 Å². The number of rotatable bonds is 5. The zero-order valence-electron chi connectivity index (χ0n) is 17.7. The van der Waals surface area contributed by atoms with Crippen LogP contribution in [0.2, 0.25) is 5.28 Å². The van der Waals surface area contributed by atoms with Gasteiger partial charge in [0.15, 0.2) is 23.7 Å². The number of aryl methyl sites for hydroxylation is 1. The molecule has 0 spiro atoms. The van der Waals surface area contributed by atoms with Crippen molar-refractivity contribution in [1.82, 2.24) is 14.5 Å². The SMILES string of the molecule is C#C[C@@]1(COC(=O)OCc2oc(=O)oc2C)CC[C@H](n2ccc3c(N)nc(Cl)nc32)O1.CO. The summed E-state index contributed by atoms with van der Waals surface area (Å²) in [6, 6.07) is 1.75. The minimum atomic E-state index is -1.15. The summed E-state index contributed by atoms with van der Waals surface area (Å²) in [4.78, 5) is 31.1.